The van der Waals surface area contributed by atoms with Crippen molar-refractivity contribution in [3.8, 4) is 0 Å². The van der Waals surface area contributed by atoms with Crippen molar-refractivity contribution >= 4 is 0 Å². The maximum Gasteiger partial charge on any atom is -0.0184 e. The van der Waals surface area contributed by atoms with E-state index in [9.17, 15) is 0 Å². The topological polar surface area (TPSA) is 0 Å². The van der Waals surface area contributed by atoms with E-state index in [1.165, 1.54) is 76.2 Å². The molecule has 0 aliphatic carbocycles. The number of rotatable bonds is 12. The molecule has 0 fully saturated rings. The summed E-state index contributed by atoms with van der Waals surface area (Å²) in [6, 6.07) is 11.5. The van der Waals surface area contributed by atoms with Crippen molar-refractivity contribution in [2.45, 2.75) is 84.5 Å². The second-order valence-electron chi connectivity index (χ2n) is 6.33. The molecular formula is C20H33. The van der Waals surface area contributed by atoms with Crippen LogP contribution in [0.1, 0.15) is 83.6 Å². The van der Waals surface area contributed by atoms with Crippen LogP contribution in [0, 0.1) is 12.0 Å². The molecule has 20 heavy (non-hydrogen) atoms. The lowest BCUT2D eigenvalue weighted by Gasteiger charge is -2.11. The van der Waals surface area contributed by atoms with Crippen molar-refractivity contribution in [3.63, 3.8) is 0 Å². The Hall–Kier alpha value is -0.780. The van der Waals surface area contributed by atoms with Crippen molar-refractivity contribution in [2.24, 2.45) is 5.92 Å². The highest BCUT2D eigenvalue weighted by Gasteiger charge is 2.03. The fourth-order valence-electron chi connectivity index (χ4n) is 2.87. The third-order valence-corrected chi connectivity index (χ3v) is 4.17. The molecule has 0 aromatic heterocycles. The van der Waals surface area contributed by atoms with Gasteiger partial charge in [0.25, 0.3) is 0 Å². The number of benzene rings is 1. The van der Waals surface area contributed by atoms with Gasteiger partial charge in [-0.1, -0.05) is 102 Å². The molecule has 0 heteroatoms. The van der Waals surface area contributed by atoms with Crippen LogP contribution >= 0.6 is 0 Å². The molecule has 1 radical (unpaired) electrons. The van der Waals surface area contributed by atoms with Gasteiger partial charge in [0.15, 0.2) is 0 Å². The Labute approximate surface area is 127 Å². The molecule has 0 saturated heterocycles. The summed E-state index contributed by atoms with van der Waals surface area (Å²) in [5.74, 6) is 0.821. The third kappa shape index (κ3) is 9.18. The summed E-state index contributed by atoms with van der Waals surface area (Å²) in [5, 5.41) is 0. The van der Waals surface area contributed by atoms with E-state index in [0.717, 1.165) is 5.92 Å². The smallest absolute Gasteiger partial charge is 0.0184 e. The molecule has 0 nitrogen and oxygen atoms in total. The molecule has 1 aromatic rings. The van der Waals surface area contributed by atoms with E-state index in [0.29, 0.717) is 0 Å². The van der Waals surface area contributed by atoms with Crippen molar-refractivity contribution in [2.75, 3.05) is 0 Å². The Bertz CT molecular complexity index is 301. The molecule has 0 saturated carbocycles. The molecule has 1 aromatic carbocycles. The molecule has 0 amide bonds. The number of hydrogen-bond donors (Lipinski definition) is 0. The zero-order valence-electron chi connectivity index (χ0n) is 13.7. The van der Waals surface area contributed by atoms with E-state index in [4.69, 9.17) is 0 Å². The first-order valence-electron chi connectivity index (χ1n) is 8.78. The lowest BCUT2D eigenvalue weighted by Crippen LogP contribution is -1.99. The maximum atomic E-state index is 3.09. The van der Waals surface area contributed by atoms with Gasteiger partial charge in [-0.3, -0.25) is 0 Å². The first-order chi connectivity index (χ1) is 9.83. The molecule has 1 unspecified atom stereocenters. The lowest BCUT2D eigenvalue weighted by atomic mass is 9.95. The first-order valence-corrected chi connectivity index (χ1v) is 8.78. The maximum absolute atomic E-state index is 3.09. The predicted octanol–water partition coefficient (Wildman–Crippen LogP) is 6.59. The summed E-state index contributed by atoms with van der Waals surface area (Å²) < 4.78 is 0. The minimum Gasteiger partial charge on any atom is -0.0654 e. The molecule has 113 valence electrons. The zero-order valence-corrected chi connectivity index (χ0v) is 13.7. The van der Waals surface area contributed by atoms with Gasteiger partial charge in [-0.05, 0) is 24.0 Å². The summed E-state index contributed by atoms with van der Waals surface area (Å²) in [6.07, 6.45) is 15.5. The van der Waals surface area contributed by atoms with Crippen LogP contribution in [0.3, 0.4) is 0 Å². The molecule has 0 bridgehead atoms. The fourth-order valence-corrected chi connectivity index (χ4v) is 2.87. The fraction of sp³-hybridized carbons (Fsp3) is 0.700. The quantitative estimate of drug-likeness (QED) is 0.377. The highest BCUT2D eigenvalue weighted by atomic mass is 14.1. The van der Waals surface area contributed by atoms with E-state index in [1.807, 2.05) is 12.1 Å². The molecule has 0 N–H and O–H groups in total. The van der Waals surface area contributed by atoms with Crippen molar-refractivity contribution in [3.05, 3.63) is 35.9 Å². The van der Waals surface area contributed by atoms with Crippen molar-refractivity contribution < 1.29 is 0 Å². The summed E-state index contributed by atoms with van der Waals surface area (Å²) >= 11 is 0. The summed E-state index contributed by atoms with van der Waals surface area (Å²) in [5.41, 5.74) is 1.46. The van der Waals surface area contributed by atoms with Crippen molar-refractivity contribution in [1.29, 1.82) is 0 Å². The minimum atomic E-state index is 0.821. The molecule has 1 atom stereocenters. The van der Waals surface area contributed by atoms with Crippen LogP contribution in [0.2, 0.25) is 0 Å². The van der Waals surface area contributed by atoms with E-state index in [2.05, 4.69) is 32.0 Å². The SMILES string of the molecule is CCCCCCCCCCCC(C)Cc1cc[c]cc1. The van der Waals surface area contributed by atoms with Crippen LogP contribution in [0.25, 0.3) is 0 Å². The third-order valence-electron chi connectivity index (χ3n) is 4.17. The van der Waals surface area contributed by atoms with Gasteiger partial charge in [-0.15, -0.1) is 0 Å². The Morgan fingerprint density at radius 1 is 0.850 bits per heavy atom. The molecule has 0 heterocycles. The van der Waals surface area contributed by atoms with Gasteiger partial charge < -0.3 is 0 Å². The van der Waals surface area contributed by atoms with Crippen LogP contribution in [0.4, 0.5) is 0 Å². The largest absolute Gasteiger partial charge is 0.0654 e. The first kappa shape index (κ1) is 17.3. The Morgan fingerprint density at radius 3 is 2.00 bits per heavy atom. The Kier molecular flexibility index (Phi) is 10.4. The average molecular weight is 273 g/mol. The second-order valence-corrected chi connectivity index (χ2v) is 6.33. The Balaban J connectivity index is 1.91. The molecular weight excluding hydrogens is 240 g/mol. The normalized spacial score (nSPS) is 12.5. The summed E-state index contributed by atoms with van der Waals surface area (Å²) in [7, 11) is 0. The average Bonchev–Trinajstić information content (AvgIpc) is 2.46. The van der Waals surface area contributed by atoms with E-state index < -0.39 is 0 Å². The van der Waals surface area contributed by atoms with Gasteiger partial charge in [-0.25, -0.2) is 0 Å². The van der Waals surface area contributed by atoms with Gasteiger partial charge >= 0.3 is 0 Å². The van der Waals surface area contributed by atoms with E-state index >= 15 is 0 Å². The molecule has 0 aliphatic rings. The monoisotopic (exact) mass is 273 g/mol. The van der Waals surface area contributed by atoms with Gasteiger partial charge in [0.2, 0.25) is 0 Å². The van der Waals surface area contributed by atoms with Gasteiger partial charge in [0, 0.05) is 0 Å². The van der Waals surface area contributed by atoms with Crippen molar-refractivity contribution in [1.82, 2.24) is 0 Å². The van der Waals surface area contributed by atoms with Gasteiger partial charge in [-0.2, -0.15) is 0 Å². The van der Waals surface area contributed by atoms with Crippen LogP contribution in [0.15, 0.2) is 24.3 Å². The van der Waals surface area contributed by atoms with Gasteiger partial charge in [0.1, 0.15) is 0 Å². The van der Waals surface area contributed by atoms with E-state index in [1.54, 1.807) is 0 Å². The Morgan fingerprint density at radius 2 is 1.40 bits per heavy atom. The van der Waals surface area contributed by atoms with E-state index in [-0.39, 0.29) is 0 Å². The molecule has 0 aliphatic heterocycles. The summed E-state index contributed by atoms with van der Waals surface area (Å²) in [6.45, 7) is 4.68. The van der Waals surface area contributed by atoms with Crippen LogP contribution in [-0.2, 0) is 6.42 Å². The minimum absolute atomic E-state index is 0.821. The van der Waals surface area contributed by atoms with Gasteiger partial charge in [0.05, 0.1) is 0 Å². The lowest BCUT2D eigenvalue weighted by molar-refractivity contribution is 0.478. The predicted molar refractivity (Wildman–Crippen MR) is 90.0 cm³/mol. The van der Waals surface area contributed by atoms with Crippen LogP contribution < -0.4 is 0 Å². The summed E-state index contributed by atoms with van der Waals surface area (Å²) in [4.78, 5) is 0. The zero-order chi connectivity index (χ0) is 14.5. The second kappa shape index (κ2) is 12.0. The number of hydrogen-bond acceptors (Lipinski definition) is 0. The molecule has 1 rings (SSSR count). The van der Waals surface area contributed by atoms with Crippen LogP contribution in [0.5, 0.6) is 0 Å². The van der Waals surface area contributed by atoms with Crippen LogP contribution in [-0.4, -0.2) is 0 Å². The highest BCUT2D eigenvalue weighted by Crippen LogP contribution is 2.16. The molecule has 0 spiro atoms. The highest BCUT2D eigenvalue weighted by molar-refractivity contribution is 5.14. The standard InChI is InChI=1S/C20H33/c1-3-4-5-6-7-8-9-10-12-15-19(2)18-20-16-13-11-14-17-20/h13-14,16-17,19H,3-10,12,15,18H2,1-2H3. The number of unbranched alkanes of at least 4 members (excludes halogenated alkanes) is 8.